The van der Waals surface area contributed by atoms with Gasteiger partial charge in [-0.25, -0.2) is 0 Å². The van der Waals surface area contributed by atoms with Crippen LogP contribution in [0.4, 0.5) is 0 Å². The first-order valence-electron chi connectivity index (χ1n) is 7.23. The summed E-state index contributed by atoms with van der Waals surface area (Å²) >= 11 is 0. The molecular weight excluding hydrogens is 224 g/mol. The summed E-state index contributed by atoms with van der Waals surface area (Å²) in [5.74, 6) is 0. The molecule has 0 saturated carbocycles. The maximum atomic E-state index is 5.57. The second kappa shape index (κ2) is 7.46. The van der Waals surface area contributed by atoms with Crippen molar-refractivity contribution in [2.24, 2.45) is 0 Å². The average Bonchev–Trinajstić information content (AvgIpc) is 2.11. The van der Waals surface area contributed by atoms with Crippen molar-refractivity contribution in [1.82, 2.24) is 10.8 Å². The Kier molecular flexibility index (Phi) is 7.41. The van der Waals surface area contributed by atoms with E-state index in [-0.39, 0.29) is 11.1 Å². The number of hydroxylamine groups is 1. The van der Waals surface area contributed by atoms with Gasteiger partial charge < -0.3 is 5.32 Å². The standard InChI is InChI=1S/C15H34N2O/c1-12(2)16-15(7,8)11-9-10-13(3)17-18-14(4,5)6/h12-13,16-17H,9-11H2,1-8H3. The van der Waals surface area contributed by atoms with Crippen LogP contribution in [0.1, 0.15) is 74.7 Å². The Morgan fingerprint density at radius 1 is 1.00 bits per heavy atom. The van der Waals surface area contributed by atoms with Crippen molar-refractivity contribution in [3.8, 4) is 0 Å². The molecule has 3 nitrogen and oxygen atoms in total. The maximum absolute atomic E-state index is 5.57. The number of hydrogen-bond acceptors (Lipinski definition) is 3. The predicted octanol–water partition coefficient (Wildman–Crippen LogP) is 3.64. The van der Waals surface area contributed by atoms with Gasteiger partial charge in [-0.2, -0.15) is 5.48 Å². The second-order valence-electron chi connectivity index (χ2n) is 7.31. The van der Waals surface area contributed by atoms with Gasteiger partial charge in [-0.1, -0.05) is 20.3 Å². The Bertz CT molecular complexity index is 219. The van der Waals surface area contributed by atoms with Gasteiger partial charge in [0.15, 0.2) is 0 Å². The molecule has 0 saturated heterocycles. The molecule has 1 unspecified atom stereocenters. The van der Waals surface area contributed by atoms with Gasteiger partial charge in [-0.05, 0) is 54.4 Å². The van der Waals surface area contributed by atoms with E-state index in [0.29, 0.717) is 12.1 Å². The van der Waals surface area contributed by atoms with Crippen LogP contribution in [0.5, 0.6) is 0 Å². The van der Waals surface area contributed by atoms with Crippen LogP contribution in [-0.4, -0.2) is 23.2 Å². The van der Waals surface area contributed by atoms with Crippen molar-refractivity contribution in [2.45, 2.75) is 97.9 Å². The first kappa shape index (κ1) is 17.9. The Balaban J connectivity index is 3.77. The van der Waals surface area contributed by atoms with E-state index in [1.165, 1.54) is 12.8 Å². The van der Waals surface area contributed by atoms with Crippen LogP contribution in [0.25, 0.3) is 0 Å². The zero-order chi connectivity index (χ0) is 14.4. The van der Waals surface area contributed by atoms with E-state index in [2.05, 4.69) is 66.2 Å². The van der Waals surface area contributed by atoms with Crippen molar-refractivity contribution in [2.75, 3.05) is 0 Å². The summed E-state index contributed by atoms with van der Waals surface area (Å²) in [4.78, 5) is 5.57. The van der Waals surface area contributed by atoms with Crippen molar-refractivity contribution >= 4 is 0 Å². The van der Waals surface area contributed by atoms with E-state index < -0.39 is 0 Å². The van der Waals surface area contributed by atoms with Crippen LogP contribution in [0.3, 0.4) is 0 Å². The highest BCUT2D eigenvalue weighted by Gasteiger charge is 2.18. The number of hydrogen-bond donors (Lipinski definition) is 2. The minimum absolute atomic E-state index is 0.118. The van der Waals surface area contributed by atoms with Crippen molar-refractivity contribution < 1.29 is 4.84 Å². The first-order valence-corrected chi connectivity index (χ1v) is 7.23. The molecule has 3 heteroatoms. The summed E-state index contributed by atoms with van der Waals surface area (Å²) in [7, 11) is 0. The average molecular weight is 258 g/mol. The summed E-state index contributed by atoms with van der Waals surface area (Å²) in [6.45, 7) is 17.3. The van der Waals surface area contributed by atoms with Gasteiger partial charge in [-0.3, -0.25) is 4.84 Å². The highest BCUT2D eigenvalue weighted by Crippen LogP contribution is 2.15. The van der Waals surface area contributed by atoms with Crippen LogP contribution < -0.4 is 10.8 Å². The molecule has 0 aliphatic rings. The van der Waals surface area contributed by atoms with E-state index in [1.54, 1.807) is 0 Å². The molecule has 0 aliphatic carbocycles. The summed E-state index contributed by atoms with van der Waals surface area (Å²) in [5, 5.41) is 3.60. The molecule has 18 heavy (non-hydrogen) atoms. The molecule has 2 N–H and O–H groups in total. The fraction of sp³-hybridized carbons (Fsp3) is 1.00. The third-order valence-corrected chi connectivity index (χ3v) is 2.68. The Morgan fingerprint density at radius 3 is 2.00 bits per heavy atom. The van der Waals surface area contributed by atoms with Crippen LogP contribution in [0.15, 0.2) is 0 Å². The lowest BCUT2D eigenvalue weighted by molar-refractivity contribution is -0.0871. The summed E-state index contributed by atoms with van der Waals surface area (Å²) in [6, 6.07) is 0.943. The fourth-order valence-electron chi connectivity index (χ4n) is 2.04. The maximum Gasteiger partial charge on any atom is 0.0813 e. The molecule has 0 bridgehead atoms. The van der Waals surface area contributed by atoms with Gasteiger partial charge in [0.2, 0.25) is 0 Å². The molecule has 0 fully saturated rings. The Labute approximate surface area is 114 Å². The van der Waals surface area contributed by atoms with E-state index in [9.17, 15) is 0 Å². The zero-order valence-electron chi connectivity index (χ0n) is 13.7. The molecule has 0 spiro atoms. The molecule has 0 amide bonds. The van der Waals surface area contributed by atoms with Crippen molar-refractivity contribution in [3.05, 3.63) is 0 Å². The van der Waals surface area contributed by atoms with Gasteiger partial charge in [0, 0.05) is 17.6 Å². The minimum atomic E-state index is -0.118. The lowest BCUT2D eigenvalue weighted by Crippen LogP contribution is -2.43. The second-order valence-corrected chi connectivity index (χ2v) is 7.31. The number of nitrogens with one attached hydrogen (secondary N) is 2. The molecule has 0 aromatic heterocycles. The van der Waals surface area contributed by atoms with E-state index >= 15 is 0 Å². The van der Waals surface area contributed by atoms with Crippen LogP contribution in [0, 0.1) is 0 Å². The van der Waals surface area contributed by atoms with Crippen molar-refractivity contribution in [1.29, 1.82) is 0 Å². The summed E-state index contributed by atoms with van der Waals surface area (Å²) < 4.78 is 0. The Morgan fingerprint density at radius 2 is 1.56 bits per heavy atom. The van der Waals surface area contributed by atoms with E-state index in [4.69, 9.17) is 4.84 Å². The van der Waals surface area contributed by atoms with E-state index in [0.717, 1.165) is 6.42 Å². The minimum Gasteiger partial charge on any atom is -0.310 e. The van der Waals surface area contributed by atoms with Gasteiger partial charge >= 0.3 is 0 Å². The fourth-order valence-corrected chi connectivity index (χ4v) is 2.04. The van der Waals surface area contributed by atoms with Gasteiger partial charge in [-0.15, -0.1) is 0 Å². The van der Waals surface area contributed by atoms with Crippen LogP contribution in [-0.2, 0) is 4.84 Å². The normalized spacial score (nSPS) is 15.2. The van der Waals surface area contributed by atoms with Crippen molar-refractivity contribution in [3.63, 3.8) is 0 Å². The molecule has 110 valence electrons. The Hall–Kier alpha value is -0.120. The predicted molar refractivity (Wildman–Crippen MR) is 79.6 cm³/mol. The molecule has 0 aromatic carbocycles. The molecule has 0 radical (unpaired) electrons. The lowest BCUT2D eigenvalue weighted by atomic mass is 9.95. The summed E-state index contributed by atoms with van der Waals surface area (Å²) in [5.41, 5.74) is 3.23. The summed E-state index contributed by atoms with van der Waals surface area (Å²) in [6.07, 6.45) is 3.53. The SMILES string of the molecule is CC(C)NC(C)(C)CCCC(C)NOC(C)(C)C. The molecule has 0 aliphatic heterocycles. The lowest BCUT2D eigenvalue weighted by Gasteiger charge is -2.29. The van der Waals surface area contributed by atoms with Gasteiger partial charge in [0.25, 0.3) is 0 Å². The largest absolute Gasteiger partial charge is 0.310 e. The highest BCUT2D eigenvalue weighted by molar-refractivity contribution is 4.79. The third kappa shape index (κ3) is 11.0. The smallest absolute Gasteiger partial charge is 0.0813 e. The zero-order valence-corrected chi connectivity index (χ0v) is 13.7. The quantitative estimate of drug-likeness (QED) is 0.652. The van der Waals surface area contributed by atoms with Gasteiger partial charge in [0.1, 0.15) is 0 Å². The molecule has 1 atom stereocenters. The van der Waals surface area contributed by atoms with Crippen LogP contribution in [0.2, 0.25) is 0 Å². The van der Waals surface area contributed by atoms with Gasteiger partial charge in [0.05, 0.1) is 5.60 Å². The monoisotopic (exact) mass is 258 g/mol. The molecule has 0 heterocycles. The number of rotatable bonds is 8. The van der Waals surface area contributed by atoms with E-state index in [1.807, 2.05) is 0 Å². The molecular formula is C15H34N2O. The van der Waals surface area contributed by atoms with Crippen LogP contribution >= 0.6 is 0 Å². The molecule has 0 rings (SSSR count). The molecule has 0 aromatic rings. The third-order valence-electron chi connectivity index (χ3n) is 2.68. The highest BCUT2D eigenvalue weighted by atomic mass is 16.7. The first-order chi connectivity index (χ1) is 8.02. The topological polar surface area (TPSA) is 33.3 Å².